The highest BCUT2D eigenvalue weighted by Crippen LogP contribution is 2.47. The zero-order valence-corrected chi connectivity index (χ0v) is 12.1. The van der Waals surface area contributed by atoms with E-state index in [-0.39, 0.29) is 18.1 Å². The molecule has 2 N–H and O–H groups in total. The first-order valence-electron chi connectivity index (χ1n) is 7.15. The predicted molar refractivity (Wildman–Crippen MR) is 82.7 cm³/mol. The fourth-order valence-electron chi connectivity index (χ4n) is 3.22. The molecule has 2 aromatic carbocycles. The summed E-state index contributed by atoms with van der Waals surface area (Å²) in [6.45, 7) is 4.66. The SMILES string of the molecule is CC1(C)Cc2ccccc2C1Nc1ccccc1CO. The van der Waals surface area contributed by atoms with Gasteiger partial charge >= 0.3 is 0 Å². The van der Waals surface area contributed by atoms with Gasteiger partial charge in [0.05, 0.1) is 12.6 Å². The van der Waals surface area contributed by atoms with E-state index >= 15 is 0 Å². The Bertz CT molecular complexity index is 618. The van der Waals surface area contributed by atoms with Crippen molar-refractivity contribution in [2.24, 2.45) is 5.41 Å². The average Bonchev–Trinajstić information content (AvgIpc) is 2.70. The molecule has 0 aliphatic heterocycles. The highest BCUT2D eigenvalue weighted by molar-refractivity contribution is 5.54. The van der Waals surface area contributed by atoms with E-state index in [9.17, 15) is 5.11 Å². The van der Waals surface area contributed by atoms with Crippen molar-refractivity contribution >= 4 is 5.69 Å². The third-order valence-corrected chi connectivity index (χ3v) is 4.28. The third-order valence-electron chi connectivity index (χ3n) is 4.28. The van der Waals surface area contributed by atoms with Gasteiger partial charge in [0.25, 0.3) is 0 Å². The number of fused-ring (bicyclic) bond motifs is 1. The Kier molecular flexibility index (Phi) is 3.27. The Morgan fingerprint density at radius 2 is 1.80 bits per heavy atom. The van der Waals surface area contributed by atoms with Gasteiger partial charge in [-0.3, -0.25) is 0 Å². The van der Waals surface area contributed by atoms with Crippen molar-refractivity contribution in [3.05, 3.63) is 65.2 Å². The lowest BCUT2D eigenvalue weighted by Gasteiger charge is -2.30. The van der Waals surface area contributed by atoms with Crippen LogP contribution in [-0.2, 0) is 13.0 Å². The molecule has 2 heteroatoms. The number of benzene rings is 2. The van der Waals surface area contributed by atoms with Crippen LogP contribution in [0, 0.1) is 5.41 Å². The molecule has 1 atom stereocenters. The molecular weight excluding hydrogens is 246 g/mol. The van der Waals surface area contributed by atoms with Crippen LogP contribution in [0.4, 0.5) is 5.69 Å². The van der Waals surface area contributed by atoms with E-state index in [2.05, 4.69) is 43.4 Å². The molecule has 0 saturated heterocycles. The summed E-state index contributed by atoms with van der Waals surface area (Å²) in [5.41, 5.74) is 4.96. The van der Waals surface area contributed by atoms with Gasteiger partial charge in [-0.1, -0.05) is 56.3 Å². The first-order valence-corrected chi connectivity index (χ1v) is 7.15. The molecule has 0 bridgehead atoms. The van der Waals surface area contributed by atoms with Crippen LogP contribution in [0.15, 0.2) is 48.5 Å². The summed E-state index contributed by atoms with van der Waals surface area (Å²) >= 11 is 0. The first kappa shape index (κ1) is 13.2. The summed E-state index contributed by atoms with van der Waals surface area (Å²) in [4.78, 5) is 0. The summed E-state index contributed by atoms with van der Waals surface area (Å²) in [5.74, 6) is 0. The summed E-state index contributed by atoms with van der Waals surface area (Å²) in [6.07, 6.45) is 1.09. The van der Waals surface area contributed by atoms with Crippen LogP contribution in [-0.4, -0.2) is 5.11 Å². The quantitative estimate of drug-likeness (QED) is 0.883. The predicted octanol–water partition coefficient (Wildman–Crippen LogP) is 3.91. The Hall–Kier alpha value is -1.80. The Morgan fingerprint density at radius 3 is 2.60 bits per heavy atom. The minimum Gasteiger partial charge on any atom is -0.392 e. The molecule has 3 rings (SSSR count). The van der Waals surface area contributed by atoms with Gasteiger partial charge in [0, 0.05) is 11.3 Å². The third kappa shape index (κ3) is 2.20. The Balaban J connectivity index is 1.97. The van der Waals surface area contributed by atoms with Gasteiger partial charge in [-0.05, 0) is 29.0 Å². The molecule has 1 aliphatic carbocycles. The lowest BCUT2D eigenvalue weighted by molar-refractivity contribution is 0.281. The van der Waals surface area contributed by atoms with Crippen LogP contribution in [0.25, 0.3) is 0 Å². The van der Waals surface area contributed by atoms with Crippen molar-refractivity contribution in [3.63, 3.8) is 0 Å². The molecule has 0 aromatic heterocycles. The molecule has 2 nitrogen and oxygen atoms in total. The van der Waals surface area contributed by atoms with Crippen LogP contribution in [0.5, 0.6) is 0 Å². The number of nitrogens with one attached hydrogen (secondary N) is 1. The van der Waals surface area contributed by atoms with Crippen molar-refractivity contribution < 1.29 is 5.11 Å². The van der Waals surface area contributed by atoms with E-state index in [1.54, 1.807) is 0 Å². The van der Waals surface area contributed by atoms with E-state index in [0.29, 0.717) is 0 Å². The molecule has 20 heavy (non-hydrogen) atoms. The van der Waals surface area contributed by atoms with Gasteiger partial charge in [-0.15, -0.1) is 0 Å². The summed E-state index contributed by atoms with van der Waals surface area (Å²) in [7, 11) is 0. The first-order chi connectivity index (χ1) is 9.62. The van der Waals surface area contributed by atoms with E-state index in [1.165, 1.54) is 11.1 Å². The van der Waals surface area contributed by atoms with Crippen LogP contribution in [0.2, 0.25) is 0 Å². The van der Waals surface area contributed by atoms with E-state index < -0.39 is 0 Å². The lowest BCUT2D eigenvalue weighted by Crippen LogP contribution is -2.25. The molecule has 0 fully saturated rings. The summed E-state index contributed by atoms with van der Waals surface area (Å²) in [6, 6.07) is 16.9. The van der Waals surface area contributed by atoms with Crippen LogP contribution >= 0.6 is 0 Å². The maximum atomic E-state index is 9.48. The van der Waals surface area contributed by atoms with Crippen LogP contribution in [0.1, 0.15) is 36.6 Å². The molecular formula is C18H21NO. The molecule has 0 spiro atoms. The molecule has 2 aromatic rings. The molecule has 0 heterocycles. The summed E-state index contributed by atoms with van der Waals surface area (Å²) < 4.78 is 0. The van der Waals surface area contributed by atoms with Gasteiger partial charge < -0.3 is 10.4 Å². The second-order valence-corrected chi connectivity index (χ2v) is 6.26. The normalized spacial score (nSPS) is 19.6. The monoisotopic (exact) mass is 267 g/mol. The highest BCUT2D eigenvalue weighted by atomic mass is 16.3. The topological polar surface area (TPSA) is 32.3 Å². The average molecular weight is 267 g/mol. The van der Waals surface area contributed by atoms with E-state index in [0.717, 1.165) is 17.7 Å². The summed E-state index contributed by atoms with van der Waals surface area (Å²) in [5, 5.41) is 13.1. The van der Waals surface area contributed by atoms with Crippen LogP contribution in [0.3, 0.4) is 0 Å². The highest BCUT2D eigenvalue weighted by Gasteiger charge is 2.38. The second-order valence-electron chi connectivity index (χ2n) is 6.26. The number of para-hydroxylation sites is 1. The van der Waals surface area contributed by atoms with Crippen molar-refractivity contribution in [2.45, 2.75) is 32.9 Å². The molecule has 1 unspecified atom stereocenters. The zero-order valence-electron chi connectivity index (χ0n) is 12.1. The smallest absolute Gasteiger partial charge is 0.0701 e. The number of anilines is 1. The second kappa shape index (κ2) is 4.95. The van der Waals surface area contributed by atoms with E-state index in [4.69, 9.17) is 0 Å². The number of rotatable bonds is 3. The Morgan fingerprint density at radius 1 is 1.10 bits per heavy atom. The number of aliphatic hydroxyl groups excluding tert-OH is 1. The molecule has 104 valence electrons. The van der Waals surface area contributed by atoms with Crippen LogP contribution < -0.4 is 5.32 Å². The van der Waals surface area contributed by atoms with Crippen molar-refractivity contribution in [2.75, 3.05) is 5.32 Å². The minimum absolute atomic E-state index is 0.0674. The van der Waals surface area contributed by atoms with E-state index in [1.807, 2.05) is 24.3 Å². The van der Waals surface area contributed by atoms with Crippen molar-refractivity contribution in [1.29, 1.82) is 0 Å². The van der Waals surface area contributed by atoms with Gasteiger partial charge in [0.15, 0.2) is 0 Å². The van der Waals surface area contributed by atoms with Crippen molar-refractivity contribution in [1.82, 2.24) is 0 Å². The minimum atomic E-state index is 0.0674. The van der Waals surface area contributed by atoms with Gasteiger partial charge in [0.1, 0.15) is 0 Å². The lowest BCUT2D eigenvalue weighted by atomic mass is 9.85. The van der Waals surface area contributed by atoms with Crippen molar-refractivity contribution in [3.8, 4) is 0 Å². The maximum absolute atomic E-state index is 9.48. The number of hydrogen-bond acceptors (Lipinski definition) is 2. The fourth-order valence-corrected chi connectivity index (χ4v) is 3.22. The largest absolute Gasteiger partial charge is 0.392 e. The molecule has 0 radical (unpaired) electrons. The Labute approximate surface area is 120 Å². The van der Waals surface area contributed by atoms with Gasteiger partial charge in [-0.2, -0.15) is 0 Å². The standard InChI is InChI=1S/C18H21NO/c1-18(2)11-13-7-3-5-9-15(13)17(18)19-16-10-6-4-8-14(16)12-20/h3-10,17,19-20H,11-12H2,1-2H3. The molecule has 1 aliphatic rings. The van der Waals surface area contributed by atoms with Gasteiger partial charge in [-0.25, -0.2) is 0 Å². The maximum Gasteiger partial charge on any atom is 0.0701 e. The molecule has 0 amide bonds. The van der Waals surface area contributed by atoms with Gasteiger partial charge in [0.2, 0.25) is 0 Å². The number of hydrogen-bond donors (Lipinski definition) is 2. The zero-order chi connectivity index (χ0) is 14.2. The fraction of sp³-hybridized carbons (Fsp3) is 0.333. The molecule has 0 saturated carbocycles. The number of aliphatic hydroxyl groups is 1.